The summed E-state index contributed by atoms with van der Waals surface area (Å²) in [6.45, 7) is 8.60. The van der Waals surface area contributed by atoms with Crippen LogP contribution in [0.3, 0.4) is 0 Å². The lowest BCUT2D eigenvalue weighted by Crippen LogP contribution is -1.88. The summed E-state index contributed by atoms with van der Waals surface area (Å²) in [5, 5.41) is 3.67. The molecule has 0 atom stereocenters. The smallest absolute Gasteiger partial charge is 0.144 e. The molecule has 0 saturated carbocycles. The molecule has 3 heterocycles. The highest BCUT2D eigenvalue weighted by atomic mass is 32.1. The van der Waals surface area contributed by atoms with Gasteiger partial charge in [-0.15, -0.1) is 11.3 Å². The molecule has 0 spiro atoms. The fourth-order valence-electron chi connectivity index (χ4n) is 3.61. The third-order valence-electron chi connectivity index (χ3n) is 5.44. The molecule has 0 saturated heterocycles. The van der Waals surface area contributed by atoms with E-state index in [4.69, 9.17) is 4.42 Å². The molecular weight excluding hydrogens is 338 g/mol. The van der Waals surface area contributed by atoms with Gasteiger partial charge in [0.2, 0.25) is 0 Å². The van der Waals surface area contributed by atoms with Gasteiger partial charge in [0.05, 0.1) is 5.69 Å². The Bertz CT molecular complexity index is 1320. The molecule has 128 valence electrons. The molecule has 0 radical (unpaired) electrons. The Balaban J connectivity index is 1.85. The van der Waals surface area contributed by atoms with Crippen molar-refractivity contribution in [3.8, 4) is 11.3 Å². The SMILES string of the molecule is Cc1cnc(-c2cccc3c2oc2cc4sc(C)c(C)c4cc23)cc1C. The van der Waals surface area contributed by atoms with Gasteiger partial charge in [0, 0.05) is 32.1 Å². The van der Waals surface area contributed by atoms with Crippen LogP contribution in [0.1, 0.15) is 21.6 Å². The summed E-state index contributed by atoms with van der Waals surface area (Å²) in [5.41, 5.74) is 7.71. The number of aromatic nitrogens is 1. The van der Waals surface area contributed by atoms with Crippen molar-refractivity contribution < 1.29 is 4.42 Å². The number of hydrogen-bond acceptors (Lipinski definition) is 3. The largest absolute Gasteiger partial charge is 0.455 e. The van der Waals surface area contributed by atoms with Crippen molar-refractivity contribution in [2.24, 2.45) is 0 Å². The Morgan fingerprint density at radius 1 is 0.885 bits per heavy atom. The van der Waals surface area contributed by atoms with Gasteiger partial charge in [0.1, 0.15) is 11.2 Å². The quantitative estimate of drug-likeness (QED) is 0.320. The third-order valence-corrected chi connectivity index (χ3v) is 6.61. The molecule has 0 amide bonds. The van der Waals surface area contributed by atoms with Crippen LogP contribution in [0.25, 0.3) is 43.3 Å². The van der Waals surface area contributed by atoms with Crippen molar-refractivity contribution in [1.29, 1.82) is 0 Å². The van der Waals surface area contributed by atoms with Crippen LogP contribution in [-0.4, -0.2) is 4.98 Å². The fraction of sp³-hybridized carbons (Fsp3) is 0.174. The maximum atomic E-state index is 6.33. The first-order valence-electron chi connectivity index (χ1n) is 8.81. The van der Waals surface area contributed by atoms with E-state index in [1.54, 1.807) is 0 Å². The Kier molecular flexibility index (Phi) is 3.25. The standard InChI is InChI=1S/C23H19NOS/c1-12-8-20(24-11-13(12)2)17-7-5-6-16-19-9-18-14(3)15(4)26-22(18)10-21(19)25-23(16)17/h5-11H,1-4H3. The number of aryl methyl sites for hydroxylation is 4. The summed E-state index contributed by atoms with van der Waals surface area (Å²) in [7, 11) is 0. The van der Waals surface area contributed by atoms with Crippen LogP contribution in [0.2, 0.25) is 0 Å². The number of thiophene rings is 1. The van der Waals surface area contributed by atoms with Crippen LogP contribution in [0.15, 0.2) is 47.0 Å². The second kappa shape index (κ2) is 5.42. The van der Waals surface area contributed by atoms with Crippen LogP contribution >= 0.6 is 11.3 Å². The van der Waals surface area contributed by atoms with Crippen molar-refractivity contribution in [2.45, 2.75) is 27.7 Å². The van der Waals surface area contributed by atoms with Crippen molar-refractivity contribution in [2.75, 3.05) is 0 Å². The van der Waals surface area contributed by atoms with E-state index in [1.807, 2.05) is 17.5 Å². The van der Waals surface area contributed by atoms with Gasteiger partial charge >= 0.3 is 0 Å². The number of benzene rings is 2. The molecule has 0 bridgehead atoms. The van der Waals surface area contributed by atoms with E-state index in [1.165, 1.54) is 37.0 Å². The molecular formula is C23H19NOS. The Morgan fingerprint density at radius 3 is 2.54 bits per heavy atom. The first-order valence-corrected chi connectivity index (χ1v) is 9.63. The van der Waals surface area contributed by atoms with Crippen LogP contribution in [0, 0.1) is 27.7 Å². The monoisotopic (exact) mass is 357 g/mol. The van der Waals surface area contributed by atoms with Crippen molar-refractivity contribution in [3.63, 3.8) is 0 Å². The summed E-state index contributed by atoms with van der Waals surface area (Å²) in [5.74, 6) is 0. The average Bonchev–Trinajstić information content (AvgIpc) is 3.12. The molecule has 0 aliphatic heterocycles. The topological polar surface area (TPSA) is 26.0 Å². The zero-order valence-corrected chi connectivity index (χ0v) is 16.1. The van der Waals surface area contributed by atoms with Gasteiger partial charge < -0.3 is 4.42 Å². The summed E-state index contributed by atoms with van der Waals surface area (Å²) in [4.78, 5) is 6.01. The van der Waals surface area contributed by atoms with Crippen LogP contribution in [-0.2, 0) is 0 Å². The van der Waals surface area contributed by atoms with E-state index in [0.29, 0.717) is 0 Å². The summed E-state index contributed by atoms with van der Waals surface area (Å²) >= 11 is 1.84. The van der Waals surface area contributed by atoms with Crippen molar-refractivity contribution >= 4 is 43.4 Å². The summed E-state index contributed by atoms with van der Waals surface area (Å²) < 4.78 is 7.62. The van der Waals surface area contributed by atoms with Gasteiger partial charge in [0.25, 0.3) is 0 Å². The Labute approximate surface area is 156 Å². The van der Waals surface area contributed by atoms with Crippen LogP contribution in [0.5, 0.6) is 0 Å². The minimum Gasteiger partial charge on any atom is -0.455 e. The van der Waals surface area contributed by atoms with Crippen LogP contribution < -0.4 is 0 Å². The molecule has 0 aliphatic rings. The molecule has 0 unspecified atom stereocenters. The molecule has 0 fully saturated rings. The molecule has 3 heteroatoms. The highest BCUT2D eigenvalue weighted by Crippen LogP contribution is 2.40. The number of nitrogens with zero attached hydrogens (tertiary/aromatic N) is 1. The zero-order valence-electron chi connectivity index (χ0n) is 15.3. The van der Waals surface area contributed by atoms with E-state index in [9.17, 15) is 0 Å². The Morgan fingerprint density at radius 2 is 1.73 bits per heavy atom. The molecule has 0 N–H and O–H groups in total. The molecule has 5 rings (SSSR count). The first kappa shape index (κ1) is 15.6. The van der Waals surface area contributed by atoms with E-state index in [2.05, 4.69) is 69.1 Å². The fourth-order valence-corrected chi connectivity index (χ4v) is 4.69. The number of fused-ring (bicyclic) bond motifs is 4. The highest BCUT2D eigenvalue weighted by molar-refractivity contribution is 7.19. The maximum Gasteiger partial charge on any atom is 0.144 e. The number of furan rings is 1. The Hall–Kier alpha value is -2.65. The van der Waals surface area contributed by atoms with E-state index >= 15 is 0 Å². The zero-order chi connectivity index (χ0) is 18.0. The molecule has 3 aromatic heterocycles. The summed E-state index contributed by atoms with van der Waals surface area (Å²) in [6, 6.07) is 13.0. The minimum absolute atomic E-state index is 0.922. The first-order chi connectivity index (χ1) is 12.5. The average molecular weight is 357 g/mol. The third kappa shape index (κ3) is 2.14. The lowest BCUT2D eigenvalue weighted by atomic mass is 10.0. The number of pyridine rings is 1. The minimum atomic E-state index is 0.922. The molecule has 2 aromatic carbocycles. The number of para-hydroxylation sites is 1. The highest BCUT2D eigenvalue weighted by Gasteiger charge is 2.15. The normalized spacial score (nSPS) is 11.8. The lowest BCUT2D eigenvalue weighted by Gasteiger charge is -2.05. The predicted octanol–water partition coefficient (Wildman–Crippen LogP) is 7.10. The van der Waals surface area contributed by atoms with Gasteiger partial charge in [-0.2, -0.15) is 0 Å². The van der Waals surface area contributed by atoms with Crippen molar-refractivity contribution in [3.05, 3.63) is 64.2 Å². The van der Waals surface area contributed by atoms with Crippen LogP contribution in [0.4, 0.5) is 0 Å². The van der Waals surface area contributed by atoms with Gasteiger partial charge in [-0.25, -0.2) is 0 Å². The van der Waals surface area contributed by atoms with Gasteiger partial charge in [-0.05, 0) is 74.0 Å². The number of rotatable bonds is 1. The number of hydrogen-bond donors (Lipinski definition) is 0. The van der Waals surface area contributed by atoms with Gasteiger partial charge in [-0.3, -0.25) is 4.98 Å². The molecule has 26 heavy (non-hydrogen) atoms. The van der Waals surface area contributed by atoms with E-state index in [0.717, 1.165) is 27.8 Å². The second-order valence-corrected chi connectivity index (χ2v) is 8.32. The molecule has 5 aromatic rings. The maximum absolute atomic E-state index is 6.33. The molecule has 0 aliphatic carbocycles. The lowest BCUT2D eigenvalue weighted by molar-refractivity contribution is 0.670. The van der Waals surface area contributed by atoms with E-state index in [-0.39, 0.29) is 0 Å². The predicted molar refractivity (Wildman–Crippen MR) is 111 cm³/mol. The van der Waals surface area contributed by atoms with Gasteiger partial charge in [0.15, 0.2) is 0 Å². The summed E-state index contributed by atoms with van der Waals surface area (Å²) in [6.07, 6.45) is 1.94. The van der Waals surface area contributed by atoms with Gasteiger partial charge in [-0.1, -0.05) is 12.1 Å². The van der Waals surface area contributed by atoms with E-state index < -0.39 is 0 Å². The molecule has 2 nitrogen and oxygen atoms in total. The van der Waals surface area contributed by atoms with Crippen molar-refractivity contribution in [1.82, 2.24) is 4.98 Å². The second-order valence-electron chi connectivity index (χ2n) is 7.07.